The Morgan fingerprint density at radius 2 is 1.68 bits per heavy atom. The van der Waals surface area contributed by atoms with Crippen molar-refractivity contribution in [2.75, 3.05) is 26.2 Å². The number of carbonyl (C=O) groups excluding carboxylic acids is 3. The lowest BCUT2D eigenvalue weighted by Gasteiger charge is -2.35. The Morgan fingerprint density at radius 3 is 2.32 bits per heavy atom. The van der Waals surface area contributed by atoms with E-state index in [0.29, 0.717) is 13.1 Å². The molecular formula is C24H35N3O4. The molecule has 7 nitrogen and oxygen atoms in total. The van der Waals surface area contributed by atoms with Gasteiger partial charge >= 0.3 is 12.0 Å². The van der Waals surface area contributed by atoms with Crippen LogP contribution in [-0.4, -0.2) is 60.0 Å². The molecule has 0 bridgehead atoms. The number of hydrogen-bond donors (Lipinski definition) is 1. The van der Waals surface area contributed by atoms with E-state index in [0.717, 1.165) is 49.9 Å². The summed E-state index contributed by atoms with van der Waals surface area (Å²) in [6.07, 6.45) is 3.53. The van der Waals surface area contributed by atoms with Gasteiger partial charge in [-0.25, -0.2) is 4.79 Å². The molecule has 2 aliphatic rings. The lowest BCUT2D eigenvalue weighted by Crippen LogP contribution is -2.50. The van der Waals surface area contributed by atoms with Gasteiger partial charge in [-0.3, -0.25) is 9.59 Å². The van der Waals surface area contributed by atoms with Crippen LogP contribution in [0.15, 0.2) is 24.3 Å². The third-order valence-electron chi connectivity index (χ3n) is 5.97. The van der Waals surface area contributed by atoms with E-state index in [1.807, 2.05) is 54.8 Å². The Labute approximate surface area is 185 Å². The van der Waals surface area contributed by atoms with Gasteiger partial charge in [-0.05, 0) is 52.0 Å². The van der Waals surface area contributed by atoms with Crippen molar-refractivity contribution in [3.63, 3.8) is 0 Å². The van der Waals surface area contributed by atoms with Gasteiger partial charge in [-0.15, -0.1) is 0 Å². The third kappa shape index (κ3) is 6.45. The highest BCUT2D eigenvalue weighted by Gasteiger charge is 2.32. The molecule has 2 atom stereocenters. The molecule has 7 heteroatoms. The minimum absolute atomic E-state index is 0.0468. The monoisotopic (exact) mass is 429 g/mol. The molecule has 2 aliphatic heterocycles. The predicted molar refractivity (Wildman–Crippen MR) is 118 cm³/mol. The minimum atomic E-state index is -0.455. The maximum absolute atomic E-state index is 13.1. The van der Waals surface area contributed by atoms with E-state index in [9.17, 15) is 14.4 Å². The number of aryl methyl sites for hydroxylation is 1. The standard InChI is InChI=1S/C24H35N3O4/c1-17(2)31-22(28)15-21(19-10-8-18(3)9-11-19)25-23(29)20-7-6-14-27(16-20)24(30)26-12-4-5-13-26/h8-11,17,20-21H,4-7,12-16H2,1-3H3,(H,25,29)/t20-,21+/m1/s1. The normalized spacial score (nSPS) is 19.9. The maximum Gasteiger partial charge on any atom is 0.320 e. The molecule has 2 fully saturated rings. The molecule has 0 aromatic heterocycles. The van der Waals surface area contributed by atoms with Gasteiger partial charge in [-0.2, -0.15) is 0 Å². The van der Waals surface area contributed by atoms with Gasteiger partial charge in [0.2, 0.25) is 5.91 Å². The van der Waals surface area contributed by atoms with Crippen molar-refractivity contribution in [2.24, 2.45) is 5.92 Å². The van der Waals surface area contributed by atoms with E-state index < -0.39 is 6.04 Å². The second kappa shape index (κ2) is 10.6. The zero-order chi connectivity index (χ0) is 22.4. The topological polar surface area (TPSA) is 79.0 Å². The van der Waals surface area contributed by atoms with E-state index in [1.54, 1.807) is 0 Å². The molecule has 0 spiro atoms. The summed E-state index contributed by atoms with van der Waals surface area (Å²) in [5.41, 5.74) is 1.99. The number of amides is 3. The summed E-state index contributed by atoms with van der Waals surface area (Å²) in [5.74, 6) is -0.716. The second-order valence-electron chi connectivity index (χ2n) is 8.98. The molecule has 2 saturated heterocycles. The highest BCUT2D eigenvalue weighted by Crippen LogP contribution is 2.23. The molecule has 2 heterocycles. The van der Waals surface area contributed by atoms with Crippen LogP contribution in [0, 0.1) is 12.8 Å². The van der Waals surface area contributed by atoms with Crippen LogP contribution in [0.4, 0.5) is 4.79 Å². The van der Waals surface area contributed by atoms with Gasteiger partial charge < -0.3 is 19.9 Å². The fourth-order valence-corrected chi connectivity index (χ4v) is 4.29. The van der Waals surface area contributed by atoms with Gasteiger partial charge in [0, 0.05) is 26.2 Å². The molecule has 1 aromatic carbocycles. The number of esters is 1. The van der Waals surface area contributed by atoms with Crippen molar-refractivity contribution in [1.82, 2.24) is 15.1 Å². The van der Waals surface area contributed by atoms with Crippen LogP contribution in [0.2, 0.25) is 0 Å². The first kappa shape index (κ1) is 23.1. The largest absolute Gasteiger partial charge is 0.463 e. The zero-order valence-electron chi connectivity index (χ0n) is 18.9. The van der Waals surface area contributed by atoms with Crippen molar-refractivity contribution < 1.29 is 19.1 Å². The first-order chi connectivity index (χ1) is 14.8. The number of nitrogens with one attached hydrogen (secondary N) is 1. The zero-order valence-corrected chi connectivity index (χ0v) is 18.9. The summed E-state index contributed by atoms with van der Waals surface area (Å²) in [6.45, 7) is 8.36. The Kier molecular flexibility index (Phi) is 7.93. The summed E-state index contributed by atoms with van der Waals surface area (Å²) < 4.78 is 5.31. The van der Waals surface area contributed by atoms with Crippen molar-refractivity contribution in [2.45, 2.75) is 65.0 Å². The molecule has 0 unspecified atom stereocenters. The maximum atomic E-state index is 13.1. The number of hydrogen-bond acceptors (Lipinski definition) is 4. The summed E-state index contributed by atoms with van der Waals surface area (Å²) in [7, 11) is 0. The van der Waals surface area contributed by atoms with E-state index in [4.69, 9.17) is 4.74 Å². The Bertz CT molecular complexity index is 772. The molecule has 3 amide bonds. The highest BCUT2D eigenvalue weighted by molar-refractivity contribution is 5.82. The van der Waals surface area contributed by atoms with E-state index in [1.165, 1.54) is 0 Å². The van der Waals surface area contributed by atoms with Crippen LogP contribution < -0.4 is 5.32 Å². The average molecular weight is 430 g/mol. The number of ether oxygens (including phenoxy) is 1. The number of nitrogens with zero attached hydrogens (tertiary/aromatic N) is 2. The Hall–Kier alpha value is -2.57. The number of carbonyl (C=O) groups is 3. The predicted octanol–water partition coefficient (Wildman–Crippen LogP) is 3.42. The quantitative estimate of drug-likeness (QED) is 0.703. The molecule has 170 valence electrons. The molecule has 1 N–H and O–H groups in total. The number of likely N-dealkylation sites (tertiary alicyclic amines) is 2. The molecule has 1 aromatic rings. The molecule has 3 rings (SSSR count). The molecular weight excluding hydrogens is 394 g/mol. The van der Waals surface area contributed by atoms with Crippen molar-refractivity contribution in [1.29, 1.82) is 0 Å². The number of benzene rings is 1. The van der Waals surface area contributed by atoms with Gasteiger partial charge in [-0.1, -0.05) is 29.8 Å². The molecule has 0 radical (unpaired) electrons. The average Bonchev–Trinajstić information content (AvgIpc) is 3.27. The summed E-state index contributed by atoms with van der Waals surface area (Å²) in [4.78, 5) is 41.9. The molecule has 0 saturated carbocycles. The van der Waals surface area contributed by atoms with Crippen LogP contribution >= 0.6 is 0 Å². The first-order valence-electron chi connectivity index (χ1n) is 11.4. The fraction of sp³-hybridized carbons (Fsp3) is 0.625. The van der Waals surface area contributed by atoms with Crippen molar-refractivity contribution in [3.8, 4) is 0 Å². The molecule has 31 heavy (non-hydrogen) atoms. The lowest BCUT2D eigenvalue weighted by molar-refractivity contribution is -0.148. The summed E-state index contributed by atoms with van der Waals surface area (Å²) in [5, 5.41) is 3.06. The number of urea groups is 1. The van der Waals surface area contributed by atoms with Crippen LogP contribution in [0.5, 0.6) is 0 Å². The van der Waals surface area contributed by atoms with E-state index in [-0.39, 0.29) is 36.4 Å². The van der Waals surface area contributed by atoms with Crippen molar-refractivity contribution in [3.05, 3.63) is 35.4 Å². The second-order valence-corrected chi connectivity index (χ2v) is 8.98. The Morgan fingerprint density at radius 1 is 1.03 bits per heavy atom. The van der Waals surface area contributed by atoms with Gasteiger partial charge in [0.05, 0.1) is 24.5 Å². The SMILES string of the molecule is Cc1ccc([C@H](CC(=O)OC(C)C)NC(=O)[C@@H]2CCCN(C(=O)N3CCCC3)C2)cc1. The highest BCUT2D eigenvalue weighted by atomic mass is 16.5. The number of piperidine rings is 1. The third-order valence-corrected chi connectivity index (χ3v) is 5.97. The fourth-order valence-electron chi connectivity index (χ4n) is 4.29. The number of rotatable bonds is 6. The van der Waals surface area contributed by atoms with E-state index >= 15 is 0 Å². The Balaban J connectivity index is 1.66. The van der Waals surface area contributed by atoms with Crippen LogP contribution in [-0.2, 0) is 14.3 Å². The van der Waals surface area contributed by atoms with Crippen molar-refractivity contribution >= 4 is 17.9 Å². The van der Waals surface area contributed by atoms with E-state index in [2.05, 4.69) is 5.32 Å². The first-order valence-corrected chi connectivity index (χ1v) is 11.4. The van der Waals surface area contributed by atoms with Crippen LogP contribution in [0.3, 0.4) is 0 Å². The smallest absolute Gasteiger partial charge is 0.320 e. The molecule has 0 aliphatic carbocycles. The summed E-state index contributed by atoms with van der Waals surface area (Å²) in [6, 6.07) is 7.41. The van der Waals surface area contributed by atoms with Gasteiger partial charge in [0.1, 0.15) is 0 Å². The van der Waals surface area contributed by atoms with Crippen LogP contribution in [0.25, 0.3) is 0 Å². The summed E-state index contributed by atoms with van der Waals surface area (Å²) >= 11 is 0. The van der Waals surface area contributed by atoms with Crippen LogP contribution in [0.1, 0.15) is 63.1 Å². The van der Waals surface area contributed by atoms with Gasteiger partial charge in [0.25, 0.3) is 0 Å². The van der Waals surface area contributed by atoms with Gasteiger partial charge in [0.15, 0.2) is 0 Å². The minimum Gasteiger partial charge on any atom is -0.463 e. The lowest BCUT2D eigenvalue weighted by atomic mass is 9.95.